The summed E-state index contributed by atoms with van der Waals surface area (Å²) in [4.78, 5) is 30.2. The average Bonchev–Trinajstić information content (AvgIpc) is 2.94. The van der Waals surface area contributed by atoms with Gasteiger partial charge in [0.05, 0.1) is 10.7 Å². The van der Waals surface area contributed by atoms with Crippen LogP contribution in [0, 0.1) is 12.8 Å². The van der Waals surface area contributed by atoms with Crippen molar-refractivity contribution in [3.05, 3.63) is 15.6 Å². The molecule has 1 aliphatic rings. The van der Waals surface area contributed by atoms with E-state index >= 15 is 0 Å². The number of carbonyl (C=O) groups excluding carboxylic acids is 1. The van der Waals surface area contributed by atoms with Gasteiger partial charge in [-0.05, 0) is 25.7 Å². The number of thiazole rings is 1. The van der Waals surface area contributed by atoms with Gasteiger partial charge in [-0.15, -0.1) is 11.3 Å². The standard InChI is InChI=1S/C14H20N2O3S/c1-8(2)7-11-15-9(3)12(20-11)13(17)16-6-4-5-10(16)14(18)19/h8,10H,4-7H2,1-3H3,(H,18,19). The third-order valence-corrected chi connectivity index (χ3v) is 4.58. The van der Waals surface area contributed by atoms with Crippen LogP contribution in [0.3, 0.4) is 0 Å². The van der Waals surface area contributed by atoms with Crippen molar-refractivity contribution in [2.45, 2.75) is 46.1 Å². The van der Waals surface area contributed by atoms with Crippen molar-refractivity contribution < 1.29 is 14.7 Å². The lowest BCUT2D eigenvalue weighted by Crippen LogP contribution is -2.40. The van der Waals surface area contributed by atoms with Crippen LogP contribution in [0.1, 0.15) is 47.1 Å². The second-order valence-electron chi connectivity index (χ2n) is 5.61. The van der Waals surface area contributed by atoms with E-state index < -0.39 is 12.0 Å². The summed E-state index contributed by atoms with van der Waals surface area (Å²) in [6.07, 6.45) is 2.14. The van der Waals surface area contributed by atoms with Crippen LogP contribution in [-0.4, -0.2) is 39.5 Å². The highest BCUT2D eigenvalue weighted by molar-refractivity contribution is 7.13. The number of hydrogen-bond donors (Lipinski definition) is 1. The lowest BCUT2D eigenvalue weighted by atomic mass is 10.1. The molecule has 0 spiro atoms. The number of aliphatic carboxylic acids is 1. The minimum atomic E-state index is -0.916. The van der Waals surface area contributed by atoms with E-state index in [1.54, 1.807) is 0 Å². The van der Waals surface area contributed by atoms with Crippen molar-refractivity contribution in [1.82, 2.24) is 9.88 Å². The molecular formula is C14H20N2O3S. The topological polar surface area (TPSA) is 70.5 Å². The number of carboxylic acid groups (broad SMARTS) is 1. The molecule has 20 heavy (non-hydrogen) atoms. The van der Waals surface area contributed by atoms with Crippen LogP contribution in [0.2, 0.25) is 0 Å². The molecule has 0 bridgehead atoms. The van der Waals surface area contributed by atoms with E-state index in [9.17, 15) is 9.59 Å². The predicted octanol–water partition coefficient (Wildman–Crippen LogP) is 2.34. The second kappa shape index (κ2) is 5.91. The van der Waals surface area contributed by atoms with Crippen molar-refractivity contribution in [3.8, 4) is 0 Å². The van der Waals surface area contributed by atoms with E-state index in [0.29, 0.717) is 29.5 Å². The Morgan fingerprint density at radius 2 is 2.20 bits per heavy atom. The minimum Gasteiger partial charge on any atom is -0.480 e. The highest BCUT2D eigenvalue weighted by Gasteiger charge is 2.35. The number of aromatic nitrogens is 1. The van der Waals surface area contributed by atoms with E-state index in [4.69, 9.17) is 5.11 Å². The lowest BCUT2D eigenvalue weighted by Gasteiger charge is -2.20. The zero-order chi connectivity index (χ0) is 14.9. The summed E-state index contributed by atoms with van der Waals surface area (Å²) >= 11 is 1.40. The number of rotatable bonds is 4. The van der Waals surface area contributed by atoms with E-state index in [2.05, 4.69) is 18.8 Å². The van der Waals surface area contributed by atoms with Crippen LogP contribution in [0.15, 0.2) is 0 Å². The number of aryl methyl sites for hydroxylation is 1. The van der Waals surface area contributed by atoms with Crippen molar-refractivity contribution in [2.24, 2.45) is 5.92 Å². The molecule has 5 nitrogen and oxygen atoms in total. The van der Waals surface area contributed by atoms with Crippen molar-refractivity contribution in [3.63, 3.8) is 0 Å². The Kier molecular flexibility index (Phi) is 4.42. The molecule has 0 radical (unpaired) electrons. The zero-order valence-corrected chi connectivity index (χ0v) is 12.9. The van der Waals surface area contributed by atoms with Gasteiger partial charge in [-0.3, -0.25) is 4.79 Å². The van der Waals surface area contributed by atoms with Gasteiger partial charge < -0.3 is 10.0 Å². The average molecular weight is 296 g/mol. The lowest BCUT2D eigenvalue weighted by molar-refractivity contribution is -0.141. The van der Waals surface area contributed by atoms with Gasteiger partial charge in [0.1, 0.15) is 10.9 Å². The number of hydrogen-bond acceptors (Lipinski definition) is 4. The van der Waals surface area contributed by atoms with Gasteiger partial charge in [0.2, 0.25) is 0 Å². The summed E-state index contributed by atoms with van der Waals surface area (Å²) in [5.74, 6) is -0.609. The number of likely N-dealkylation sites (tertiary alicyclic amines) is 1. The van der Waals surface area contributed by atoms with Gasteiger partial charge in [0.15, 0.2) is 0 Å². The van der Waals surface area contributed by atoms with Gasteiger partial charge in [0, 0.05) is 13.0 Å². The number of nitrogens with zero attached hydrogens (tertiary/aromatic N) is 2. The summed E-state index contributed by atoms with van der Waals surface area (Å²) < 4.78 is 0. The summed E-state index contributed by atoms with van der Waals surface area (Å²) in [5, 5.41) is 10.1. The summed E-state index contributed by atoms with van der Waals surface area (Å²) in [6.45, 7) is 6.56. The Labute approximate surface area is 122 Å². The van der Waals surface area contributed by atoms with Gasteiger partial charge in [0.25, 0.3) is 5.91 Å². The fraction of sp³-hybridized carbons (Fsp3) is 0.643. The molecule has 1 saturated heterocycles. The number of carboxylic acids is 1. The fourth-order valence-electron chi connectivity index (χ4n) is 2.48. The molecule has 0 saturated carbocycles. The van der Waals surface area contributed by atoms with Crippen LogP contribution in [0.25, 0.3) is 0 Å². The Balaban J connectivity index is 2.20. The molecule has 2 rings (SSSR count). The normalized spacial score (nSPS) is 18.8. The Hall–Kier alpha value is -1.43. The highest BCUT2D eigenvalue weighted by atomic mass is 32.1. The van der Waals surface area contributed by atoms with Gasteiger partial charge in [-0.25, -0.2) is 9.78 Å². The largest absolute Gasteiger partial charge is 0.480 e. The minimum absolute atomic E-state index is 0.181. The summed E-state index contributed by atoms with van der Waals surface area (Å²) in [5.41, 5.74) is 0.715. The van der Waals surface area contributed by atoms with E-state index in [-0.39, 0.29) is 5.91 Å². The third kappa shape index (κ3) is 3.00. The van der Waals surface area contributed by atoms with Crippen LogP contribution in [0.4, 0.5) is 0 Å². The molecule has 1 aromatic rings. The Morgan fingerprint density at radius 3 is 2.80 bits per heavy atom. The van der Waals surface area contributed by atoms with Crippen LogP contribution in [0.5, 0.6) is 0 Å². The zero-order valence-electron chi connectivity index (χ0n) is 12.0. The smallest absolute Gasteiger partial charge is 0.326 e. The molecule has 2 heterocycles. The monoisotopic (exact) mass is 296 g/mol. The van der Waals surface area contributed by atoms with Gasteiger partial charge in [-0.2, -0.15) is 0 Å². The number of amides is 1. The van der Waals surface area contributed by atoms with Crippen molar-refractivity contribution >= 4 is 23.2 Å². The quantitative estimate of drug-likeness (QED) is 0.925. The maximum atomic E-state index is 12.5. The first-order chi connectivity index (χ1) is 9.40. The van der Waals surface area contributed by atoms with Crippen LogP contribution >= 0.6 is 11.3 Å². The van der Waals surface area contributed by atoms with Crippen LogP contribution < -0.4 is 0 Å². The van der Waals surface area contributed by atoms with Crippen molar-refractivity contribution in [1.29, 1.82) is 0 Å². The molecule has 6 heteroatoms. The summed E-state index contributed by atoms with van der Waals surface area (Å²) in [7, 11) is 0. The fourth-order valence-corrected chi connectivity index (χ4v) is 3.72. The maximum absolute atomic E-state index is 12.5. The molecule has 0 aliphatic carbocycles. The second-order valence-corrected chi connectivity index (χ2v) is 6.70. The number of carbonyl (C=O) groups is 2. The molecule has 1 atom stereocenters. The molecular weight excluding hydrogens is 276 g/mol. The molecule has 1 unspecified atom stereocenters. The summed E-state index contributed by atoms with van der Waals surface area (Å²) in [6, 6.07) is -0.683. The van der Waals surface area contributed by atoms with Gasteiger partial charge in [-0.1, -0.05) is 13.8 Å². The highest BCUT2D eigenvalue weighted by Crippen LogP contribution is 2.26. The molecule has 1 aromatic heterocycles. The Bertz CT molecular complexity index is 524. The SMILES string of the molecule is Cc1nc(CC(C)C)sc1C(=O)N1CCCC1C(=O)O. The van der Waals surface area contributed by atoms with E-state index in [1.165, 1.54) is 16.2 Å². The molecule has 1 fully saturated rings. The van der Waals surface area contributed by atoms with Gasteiger partial charge >= 0.3 is 5.97 Å². The third-order valence-electron chi connectivity index (χ3n) is 3.42. The maximum Gasteiger partial charge on any atom is 0.326 e. The molecule has 1 aliphatic heterocycles. The van der Waals surface area contributed by atoms with E-state index in [1.807, 2.05) is 6.92 Å². The predicted molar refractivity (Wildman–Crippen MR) is 77.1 cm³/mol. The van der Waals surface area contributed by atoms with E-state index in [0.717, 1.165) is 17.8 Å². The van der Waals surface area contributed by atoms with Crippen molar-refractivity contribution in [2.75, 3.05) is 6.54 Å². The molecule has 110 valence electrons. The molecule has 1 N–H and O–H groups in total. The molecule has 0 aromatic carbocycles. The van der Waals surface area contributed by atoms with Crippen LogP contribution in [-0.2, 0) is 11.2 Å². The molecule has 1 amide bonds. The first-order valence-corrected chi connectivity index (χ1v) is 7.72. The first kappa shape index (κ1) is 15.0. The Morgan fingerprint density at radius 1 is 1.50 bits per heavy atom. The first-order valence-electron chi connectivity index (χ1n) is 6.90.